The van der Waals surface area contributed by atoms with Gasteiger partial charge in [0.2, 0.25) is 0 Å². The molecule has 1 atom stereocenters. The van der Waals surface area contributed by atoms with Gasteiger partial charge in [0.05, 0.1) is 6.10 Å². The highest BCUT2D eigenvalue weighted by molar-refractivity contribution is 4.67. The standard InChI is InChI=1S/C10H22N2O/c1-3-11-5-7-12-6-4-8-13-10(2)9-12/h10-11H,3-9H2,1-2H3. The summed E-state index contributed by atoms with van der Waals surface area (Å²) in [6, 6.07) is 0. The van der Waals surface area contributed by atoms with Gasteiger partial charge >= 0.3 is 0 Å². The van der Waals surface area contributed by atoms with Crippen molar-refractivity contribution in [3.05, 3.63) is 0 Å². The van der Waals surface area contributed by atoms with Crippen LogP contribution in [0.25, 0.3) is 0 Å². The molecule has 0 aliphatic carbocycles. The Bertz CT molecular complexity index is 130. The van der Waals surface area contributed by atoms with Crippen LogP contribution in [0.3, 0.4) is 0 Å². The van der Waals surface area contributed by atoms with Crippen LogP contribution in [0.2, 0.25) is 0 Å². The molecular formula is C10H22N2O. The van der Waals surface area contributed by atoms with Crippen molar-refractivity contribution in [2.75, 3.05) is 39.3 Å². The quantitative estimate of drug-likeness (QED) is 0.654. The van der Waals surface area contributed by atoms with Crippen molar-refractivity contribution < 1.29 is 4.74 Å². The van der Waals surface area contributed by atoms with Gasteiger partial charge in [-0.15, -0.1) is 0 Å². The lowest BCUT2D eigenvalue weighted by molar-refractivity contribution is 0.0679. The SMILES string of the molecule is CCNCCN1CCCOC(C)C1. The van der Waals surface area contributed by atoms with Crippen molar-refractivity contribution in [1.29, 1.82) is 0 Å². The molecule has 0 aromatic carbocycles. The van der Waals surface area contributed by atoms with Gasteiger partial charge in [0.25, 0.3) is 0 Å². The monoisotopic (exact) mass is 186 g/mol. The van der Waals surface area contributed by atoms with Gasteiger partial charge in [-0.3, -0.25) is 4.90 Å². The Labute approximate surface area is 81.4 Å². The van der Waals surface area contributed by atoms with E-state index in [1.807, 2.05) is 0 Å². The van der Waals surface area contributed by atoms with Gasteiger partial charge in [0.15, 0.2) is 0 Å². The van der Waals surface area contributed by atoms with E-state index in [0.29, 0.717) is 6.10 Å². The Morgan fingerprint density at radius 3 is 3.15 bits per heavy atom. The van der Waals surface area contributed by atoms with Crippen LogP contribution in [0.5, 0.6) is 0 Å². The molecule has 0 aromatic rings. The molecule has 1 heterocycles. The minimum atomic E-state index is 0.407. The third-order valence-electron chi connectivity index (χ3n) is 2.39. The Kier molecular flexibility index (Phi) is 5.35. The summed E-state index contributed by atoms with van der Waals surface area (Å²) < 4.78 is 5.58. The lowest BCUT2D eigenvalue weighted by atomic mass is 10.3. The second-order valence-corrected chi connectivity index (χ2v) is 3.69. The summed E-state index contributed by atoms with van der Waals surface area (Å²) in [6.45, 7) is 10.8. The fourth-order valence-electron chi connectivity index (χ4n) is 1.70. The molecule has 1 aliphatic rings. The topological polar surface area (TPSA) is 24.5 Å². The van der Waals surface area contributed by atoms with Gasteiger partial charge in [0, 0.05) is 32.8 Å². The minimum Gasteiger partial charge on any atom is -0.377 e. The molecule has 13 heavy (non-hydrogen) atoms. The van der Waals surface area contributed by atoms with Crippen LogP contribution >= 0.6 is 0 Å². The third-order valence-corrected chi connectivity index (χ3v) is 2.39. The molecule has 3 heteroatoms. The molecule has 0 spiro atoms. The van der Waals surface area contributed by atoms with Crippen LogP contribution in [0.4, 0.5) is 0 Å². The lowest BCUT2D eigenvalue weighted by Gasteiger charge is -2.21. The molecule has 0 amide bonds. The van der Waals surface area contributed by atoms with Crippen LogP contribution in [0.15, 0.2) is 0 Å². The van der Waals surface area contributed by atoms with Crippen LogP contribution in [-0.4, -0.2) is 50.3 Å². The van der Waals surface area contributed by atoms with E-state index in [9.17, 15) is 0 Å². The molecule has 1 aliphatic heterocycles. The summed E-state index contributed by atoms with van der Waals surface area (Å²) in [5.74, 6) is 0. The summed E-state index contributed by atoms with van der Waals surface area (Å²) in [4.78, 5) is 2.49. The van der Waals surface area contributed by atoms with E-state index >= 15 is 0 Å². The Hall–Kier alpha value is -0.120. The van der Waals surface area contributed by atoms with Gasteiger partial charge in [-0.2, -0.15) is 0 Å². The lowest BCUT2D eigenvalue weighted by Crippen LogP contribution is -2.36. The maximum Gasteiger partial charge on any atom is 0.0673 e. The Morgan fingerprint density at radius 1 is 1.54 bits per heavy atom. The predicted octanol–water partition coefficient (Wildman–Crippen LogP) is 0.707. The zero-order valence-corrected chi connectivity index (χ0v) is 8.88. The Balaban J connectivity index is 2.15. The maximum absolute atomic E-state index is 5.58. The van der Waals surface area contributed by atoms with Crippen molar-refractivity contribution in [2.45, 2.75) is 26.4 Å². The molecular weight excluding hydrogens is 164 g/mol. The zero-order valence-electron chi connectivity index (χ0n) is 8.88. The van der Waals surface area contributed by atoms with E-state index in [4.69, 9.17) is 4.74 Å². The number of nitrogens with zero attached hydrogens (tertiary/aromatic N) is 1. The number of hydrogen-bond acceptors (Lipinski definition) is 3. The molecule has 1 fully saturated rings. The number of likely N-dealkylation sites (N-methyl/N-ethyl adjacent to an activating group) is 1. The van der Waals surface area contributed by atoms with Crippen LogP contribution in [0, 0.1) is 0 Å². The van der Waals surface area contributed by atoms with Crippen molar-refractivity contribution in [3.63, 3.8) is 0 Å². The molecule has 1 unspecified atom stereocenters. The summed E-state index contributed by atoms with van der Waals surface area (Å²) in [5.41, 5.74) is 0. The first-order valence-electron chi connectivity index (χ1n) is 5.37. The number of hydrogen-bond donors (Lipinski definition) is 1. The first-order chi connectivity index (χ1) is 6.33. The van der Waals surface area contributed by atoms with Crippen molar-refractivity contribution in [3.8, 4) is 0 Å². The maximum atomic E-state index is 5.58. The molecule has 0 aromatic heterocycles. The van der Waals surface area contributed by atoms with Crippen molar-refractivity contribution in [2.24, 2.45) is 0 Å². The first kappa shape index (κ1) is 11.0. The number of nitrogens with one attached hydrogen (secondary N) is 1. The van der Waals surface area contributed by atoms with Gasteiger partial charge in [0.1, 0.15) is 0 Å². The summed E-state index contributed by atoms with van der Waals surface area (Å²) in [6.07, 6.45) is 1.58. The summed E-state index contributed by atoms with van der Waals surface area (Å²) in [5, 5.41) is 3.35. The highest BCUT2D eigenvalue weighted by Gasteiger charge is 2.13. The van der Waals surface area contributed by atoms with Gasteiger partial charge < -0.3 is 10.1 Å². The van der Waals surface area contributed by atoms with Gasteiger partial charge in [-0.1, -0.05) is 6.92 Å². The van der Waals surface area contributed by atoms with E-state index in [1.165, 1.54) is 13.0 Å². The van der Waals surface area contributed by atoms with E-state index in [2.05, 4.69) is 24.1 Å². The number of ether oxygens (including phenoxy) is 1. The molecule has 0 radical (unpaired) electrons. The largest absolute Gasteiger partial charge is 0.377 e. The minimum absolute atomic E-state index is 0.407. The summed E-state index contributed by atoms with van der Waals surface area (Å²) in [7, 11) is 0. The van der Waals surface area contributed by atoms with E-state index in [-0.39, 0.29) is 0 Å². The predicted molar refractivity (Wildman–Crippen MR) is 55.0 cm³/mol. The fraction of sp³-hybridized carbons (Fsp3) is 1.00. The van der Waals surface area contributed by atoms with Crippen molar-refractivity contribution >= 4 is 0 Å². The highest BCUT2D eigenvalue weighted by Crippen LogP contribution is 2.03. The van der Waals surface area contributed by atoms with E-state index in [0.717, 1.165) is 32.8 Å². The number of rotatable bonds is 4. The van der Waals surface area contributed by atoms with Crippen LogP contribution in [-0.2, 0) is 4.74 Å². The zero-order chi connectivity index (χ0) is 9.52. The first-order valence-corrected chi connectivity index (χ1v) is 5.37. The molecule has 0 bridgehead atoms. The van der Waals surface area contributed by atoms with Crippen molar-refractivity contribution in [1.82, 2.24) is 10.2 Å². The summed E-state index contributed by atoms with van der Waals surface area (Å²) >= 11 is 0. The molecule has 1 N–H and O–H groups in total. The fourth-order valence-corrected chi connectivity index (χ4v) is 1.70. The normalized spacial score (nSPS) is 25.8. The highest BCUT2D eigenvalue weighted by atomic mass is 16.5. The molecule has 1 rings (SSSR count). The van der Waals surface area contributed by atoms with Crippen LogP contribution in [0.1, 0.15) is 20.3 Å². The van der Waals surface area contributed by atoms with E-state index < -0.39 is 0 Å². The second kappa shape index (κ2) is 6.35. The average molecular weight is 186 g/mol. The molecule has 1 saturated heterocycles. The smallest absolute Gasteiger partial charge is 0.0673 e. The van der Waals surface area contributed by atoms with E-state index in [1.54, 1.807) is 0 Å². The average Bonchev–Trinajstić information content (AvgIpc) is 2.31. The van der Waals surface area contributed by atoms with Crippen LogP contribution < -0.4 is 5.32 Å². The molecule has 3 nitrogen and oxygen atoms in total. The van der Waals surface area contributed by atoms with Gasteiger partial charge in [-0.05, 0) is 19.9 Å². The van der Waals surface area contributed by atoms with Gasteiger partial charge in [-0.25, -0.2) is 0 Å². The molecule has 78 valence electrons. The molecule has 0 saturated carbocycles. The Morgan fingerprint density at radius 2 is 2.38 bits per heavy atom. The third kappa shape index (κ3) is 4.60. The second-order valence-electron chi connectivity index (χ2n) is 3.69.